The minimum atomic E-state index is 0.0572. The summed E-state index contributed by atoms with van der Waals surface area (Å²) in [5, 5.41) is 4.42. The van der Waals surface area contributed by atoms with Crippen molar-refractivity contribution in [2.24, 2.45) is 0 Å². The molecule has 3 heterocycles. The van der Waals surface area contributed by atoms with Gasteiger partial charge in [-0.05, 0) is 31.4 Å². The highest BCUT2D eigenvalue weighted by molar-refractivity contribution is 8.01. The zero-order chi connectivity index (χ0) is 17.9. The molecule has 1 atom stereocenters. The van der Waals surface area contributed by atoms with Crippen LogP contribution in [0.15, 0.2) is 41.6 Å². The lowest BCUT2D eigenvalue weighted by molar-refractivity contribution is -0.130. The van der Waals surface area contributed by atoms with E-state index in [9.17, 15) is 4.79 Å². The zero-order valence-corrected chi connectivity index (χ0v) is 16.1. The maximum Gasteiger partial charge on any atom is 0.236 e. The van der Waals surface area contributed by atoms with Crippen molar-refractivity contribution in [2.45, 2.75) is 43.0 Å². The Balaban J connectivity index is 1.33. The van der Waals surface area contributed by atoms with Crippen LogP contribution in [0.2, 0.25) is 0 Å². The van der Waals surface area contributed by atoms with E-state index >= 15 is 0 Å². The van der Waals surface area contributed by atoms with Crippen LogP contribution in [0.3, 0.4) is 0 Å². The van der Waals surface area contributed by atoms with Crippen LogP contribution in [-0.4, -0.2) is 56.9 Å². The van der Waals surface area contributed by atoms with Gasteiger partial charge in [0.25, 0.3) is 0 Å². The maximum absolute atomic E-state index is 13.0. The normalized spacial score (nSPS) is 20.8. The first kappa shape index (κ1) is 17.6. The Morgan fingerprint density at radius 3 is 2.92 bits per heavy atom. The number of rotatable bonds is 4. The largest absolute Gasteiger partial charge is 0.340 e. The molecule has 1 saturated heterocycles. The van der Waals surface area contributed by atoms with Gasteiger partial charge in [0, 0.05) is 55.9 Å². The van der Waals surface area contributed by atoms with Crippen molar-refractivity contribution in [3.63, 3.8) is 0 Å². The molecule has 138 valence electrons. The van der Waals surface area contributed by atoms with Gasteiger partial charge in [0.05, 0.1) is 11.4 Å². The van der Waals surface area contributed by atoms with Crippen molar-refractivity contribution < 1.29 is 4.79 Å². The average Bonchev–Trinajstić information content (AvgIpc) is 3.23. The zero-order valence-electron chi connectivity index (χ0n) is 15.3. The predicted octanol–water partition coefficient (Wildman–Crippen LogP) is 2.65. The summed E-state index contributed by atoms with van der Waals surface area (Å²) in [6, 6.07) is 8.41. The van der Waals surface area contributed by atoms with Crippen LogP contribution in [0.4, 0.5) is 0 Å². The molecule has 2 aliphatic rings. The third kappa shape index (κ3) is 3.81. The van der Waals surface area contributed by atoms with Gasteiger partial charge < -0.3 is 4.90 Å². The van der Waals surface area contributed by atoms with Crippen molar-refractivity contribution in [1.82, 2.24) is 19.6 Å². The van der Waals surface area contributed by atoms with Crippen LogP contribution in [0.25, 0.3) is 0 Å². The molecular formula is C20H26N4OS. The maximum atomic E-state index is 13.0. The Morgan fingerprint density at radius 1 is 1.23 bits per heavy atom. The molecule has 2 aromatic rings. The molecule has 0 aliphatic carbocycles. The fourth-order valence-electron chi connectivity index (χ4n) is 3.79. The number of benzene rings is 1. The minimum Gasteiger partial charge on any atom is -0.340 e. The van der Waals surface area contributed by atoms with Gasteiger partial charge >= 0.3 is 0 Å². The molecule has 0 N–H and O–H groups in total. The van der Waals surface area contributed by atoms with Gasteiger partial charge in [0.15, 0.2) is 0 Å². The smallest absolute Gasteiger partial charge is 0.236 e. The summed E-state index contributed by atoms with van der Waals surface area (Å²) in [6.07, 6.45) is 6.00. The minimum absolute atomic E-state index is 0.0572. The van der Waals surface area contributed by atoms with E-state index < -0.39 is 0 Å². The summed E-state index contributed by atoms with van der Waals surface area (Å²) < 4.78 is 1.97. The number of carbonyl (C=O) groups is 1. The summed E-state index contributed by atoms with van der Waals surface area (Å²) in [4.78, 5) is 18.8. The SMILES string of the molecule is CCn1cc(CN2CCCN(C(=O)C3Cc4ccccc4S3)CC2)cn1. The van der Waals surface area contributed by atoms with Crippen molar-refractivity contribution in [2.75, 3.05) is 26.2 Å². The summed E-state index contributed by atoms with van der Waals surface area (Å²) in [6.45, 7) is 7.61. The second-order valence-corrected chi connectivity index (χ2v) is 8.32. The summed E-state index contributed by atoms with van der Waals surface area (Å²) in [7, 11) is 0. The molecule has 1 fully saturated rings. The lowest BCUT2D eigenvalue weighted by atomic mass is 10.1. The number of aromatic nitrogens is 2. The third-order valence-corrected chi connectivity index (χ3v) is 6.54. The number of hydrogen-bond acceptors (Lipinski definition) is 4. The van der Waals surface area contributed by atoms with Crippen LogP contribution in [0.5, 0.6) is 0 Å². The van der Waals surface area contributed by atoms with E-state index in [1.54, 1.807) is 11.8 Å². The van der Waals surface area contributed by atoms with Gasteiger partial charge in [-0.2, -0.15) is 5.10 Å². The van der Waals surface area contributed by atoms with E-state index in [1.807, 2.05) is 10.9 Å². The van der Waals surface area contributed by atoms with E-state index in [-0.39, 0.29) is 5.25 Å². The lowest BCUT2D eigenvalue weighted by Crippen LogP contribution is -2.40. The summed E-state index contributed by atoms with van der Waals surface area (Å²) in [5.41, 5.74) is 2.58. The highest BCUT2D eigenvalue weighted by Gasteiger charge is 2.32. The molecule has 2 aliphatic heterocycles. The monoisotopic (exact) mass is 370 g/mol. The molecule has 0 saturated carbocycles. The molecule has 0 spiro atoms. The number of amides is 1. The van der Waals surface area contributed by atoms with Crippen molar-refractivity contribution in [3.05, 3.63) is 47.8 Å². The third-order valence-electron chi connectivity index (χ3n) is 5.24. The number of nitrogens with zero attached hydrogens (tertiary/aromatic N) is 4. The lowest BCUT2D eigenvalue weighted by Gasteiger charge is -2.24. The topological polar surface area (TPSA) is 41.4 Å². The fourth-order valence-corrected chi connectivity index (χ4v) is 5.07. The highest BCUT2D eigenvalue weighted by Crippen LogP contribution is 2.37. The Kier molecular flexibility index (Phi) is 5.31. The van der Waals surface area contributed by atoms with Crippen LogP contribution < -0.4 is 0 Å². The summed E-state index contributed by atoms with van der Waals surface area (Å²) >= 11 is 1.74. The molecule has 0 bridgehead atoms. The molecule has 0 radical (unpaired) electrons. The van der Waals surface area contributed by atoms with E-state index in [2.05, 4.69) is 52.3 Å². The quantitative estimate of drug-likeness (QED) is 0.830. The number of aryl methyl sites for hydroxylation is 1. The van der Waals surface area contributed by atoms with E-state index in [0.29, 0.717) is 5.91 Å². The number of thioether (sulfide) groups is 1. The molecule has 6 heteroatoms. The first-order chi connectivity index (χ1) is 12.7. The molecule has 1 amide bonds. The van der Waals surface area contributed by atoms with Gasteiger partial charge in [-0.3, -0.25) is 14.4 Å². The Morgan fingerprint density at radius 2 is 2.12 bits per heavy atom. The van der Waals surface area contributed by atoms with Gasteiger partial charge in [-0.1, -0.05) is 18.2 Å². The summed E-state index contributed by atoms with van der Waals surface area (Å²) in [5.74, 6) is 0.312. The van der Waals surface area contributed by atoms with E-state index in [4.69, 9.17) is 0 Å². The van der Waals surface area contributed by atoms with Crippen molar-refractivity contribution in [1.29, 1.82) is 0 Å². The average molecular weight is 371 g/mol. The van der Waals surface area contributed by atoms with Crippen LogP contribution in [-0.2, 0) is 24.3 Å². The number of carbonyl (C=O) groups excluding carboxylic acids is 1. The molecule has 26 heavy (non-hydrogen) atoms. The van der Waals surface area contributed by atoms with E-state index in [0.717, 1.165) is 52.1 Å². The Labute approximate surface area is 159 Å². The molecule has 4 rings (SSSR count). The molecular weight excluding hydrogens is 344 g/mol. The molecule has 1 aromatic heterocycles. The molecule has 5 nitrogen and oxygen atoms in total. The van der Waals surface area contributed by atoms with Crippen molar-refractivity contribution in [3.8, 4) is 0 Å². The predicted molar refractivity (Wildman–Crippen MR) is 104 cm³/mol. The van der Waals surface area contributed by atoms with Crippen molar-refractivity contribution >= 4 is 17.7 Å². The standard InChI is InChI=1S/C20H26N4OS/c1-2-24-15-16(13-21-24)14-22-8-5-9-23(11-10-22)20(25)19-12-17-6-3-4-7-18(17)26-19/h3-4,6-7,13,15,19H,2,5,8-12,14H2,1H3. The first-order valence-corrected chi connectivity index (χ1v) is 10.4. The van der Waals surface area contributed by atoms with Gasteiger partial charge in [0.1, 0.15) is 0 Å². The first-order valence-electron chi connectivity index (χ1n) is 9.50. The van der Waals surface area contributed by atoms with Crippen LogP contribution in [0.1, 0.15) is 24.5 Å². The van der Waals surface area contributed by atoms with Gasteiger partial charge in [-0.25, -0.2) is 0 Å². The Bertz CT molecular complexity index is 750. The fraction of sp³-hybridized carbons (Fsp3) is 0.500. The molecule has 1 aromatic carbocycles. The highest BCUT2D eigenvalue weighted by atomic mass is 32.2. The Hall–Kier alpha value is -1.79. The van der Waals surface area contributed by atoms with Crippen LogP contribution >= 0.6 is 11.8 Å². The van der Waals surface area contributed by atoms with Crippen LogP contribution in [0, 0.1) is 0 Å². The second kappa shape index (κ2) is 7.84. The molecule has 1 unspecified atom stereocenters. The number of fused-ring (bicyclic) bond motifs is 1. The van der Waals surface area contributed by atoms with E-state index in [1.165, 1.54) is 16.0 Å². The van der Waals surface area contributed by atoms with Gasteiger partial charge in [-0.15, -0.1) is 11.8 Å². The number of hydrogen-bond donors (Lipinski definition) is 0. The second-order valence-electron chi connectivity index (χ2n) is 7.08. The van der Waals surface area contributed by atoms with Gasteiger partial charge in [0.2, 0.25) is 5.91 Å².